The van der Waals surface area contributed by atoms with Crippen molar-refractivity contribution in [2.45, 2.75) is 150 Å². The smallest absolute Gasteiger partial charge is 0.399 e. The highest BCUT2D eigenvalue weighted by molar-refractivity contribution is 7.90. The molecule has 122 heavy (non-hydrogen) atoms. The Bertz CT molecular complexity index is 6400. The number of hydrogen-bond acceptors (Lipinski definition) is 16. The van der Waals surface area contributed by atoms with E-state index in [4.69, 9.17) is 25.9 Å². The molecule has 8 aromatic heterocycles. The summed E-state index contributed by atoms with van der Waals surface area (Å²) in [5, 5.41) is 25.2. The molecule has 2 saturated carbocycles. The lowest BCUT2D eigenvalue weighted by atomic mass is 9.82. The van der Waals surface area contributed by atoms with Gasteiger partial charge in [-0.25, -0.2) is 39.4 Å². The molecule has 9 heterocycles. The van der Waals surface area contributed by atoms with Crippen molar-refractivity contribution in [1.82, 2.24) is 68.7 Å². The van der Waals surface area contributed by atoms with E-state index in [9.17, 15) is 70.3 Å². The Morgan fingerprint density at radius 2 is 0.959 bits per heavy atom. The molecule has 0 unspecified atom stereocenters. The second-order valence-corrected chi connectivity index (χ2v) is 37.5. The molecule has 17 rings (SSSR count). The van der Waals surface area contributed by atoms with Crippen molar-refractivity contribution < 1.29 is 97.2 Å². The summed E-state index contributed by atoms with van der Waals surface area (Å²) in [7, 11) is -0.472. The summed E-state index contributed by atoms with van der Waals surface area (Å²) < 4.78 is 271. The predicted octanol–water partition coefficient (Wildman–Crippen LogP) is 15.5. The maximum absolute atomic E-state index is 15.4. The zero-order chi connectivity index (χ0) is 88.1. The summed E-state index contributed by atoms with van der Waals surface area (Å²) >= 11 is 6.35. The Kier molecular flexibility index (Phi) is 22.0. The number of Topliss-reactive ketones (excluding diaryl/α,β-unsaturated/α-hetero) is 2. The Labute approximate surface area is 693 Å². The number of carbonyl (C=O) groups is 2. The quantitative estimate of drug-likeness (QED) is 0.0347. The van der Waals surface area contributed by atoms with Gasteiger partial charge in [-0.3, -0.25) is 42.7 Å². The van der Waals surface area contributed by atoms with Crippen molar-refractivity contribution in [1.29, 1.82) is 0 Å². The van der Waals surface area contributed by atoms with E-state index in [-0.39, 0.29) is 94.6 Å². The summed E-state index contributed by atoms with van der Waals surface area (Å²) in [5.74, 6) is -19.8. The highest BCUT2D eigenvalue weighted by Gasteiger charge is 2.70. The van der Waals surface area contributed by atoms with Crippen LogP contribution in [0.4, 0.5) is 61.5 Å². The lowest BCUT2D eigenvalue weighted by Gasteiger charge is -2.32. The summed E-state index contributed by atoms with van der Waals surface area (Å²) in [6.45, 7) is 6.33. The molecule has 0 N–H and O–H groups in total. The molecule has 1 aliphatic heterocycles. The molecule has 0 bridgehead atoms. The van der Waals surface area contributed by atoms with Gasteiger partial charge in [0.2, 0.25) is 0 Å². The highest BCUT2D eigenvalue weighted by atomic mass is 35.5. The number of fused-ring (bicyclic) bond motifs is 8. The number of alkyl halides is 10. The second-order valence-electron chi connectivity index (χ2n) is 32.8. The van der Waals surface area contributed by atoms with E-state index >= 15 is 17.6 Å². The van der Waals surface area contributed by atoms with Crippen LogP contribution in [0.5, 0.6) is 0 Å². The molecule has 12 aromatic rings. The first-order chi connectivity index (χ1) is 56.9. The fourth-order valence-corrected chi connectivity index (χ4v) is 18.6. The second kappa shape index (κ2) is 31.1. The molecule has 22 nitrogen and oxygen atoms in total. The minimum Gasteiger partial charge on any atom is -0.399 e. The third-order valence-electron chi connectivity index (χ3n) is 22.9. The number of rotatable bonds is 22. The minimum atomic E-state index is -5.03. The van der Waals surface area contributed by atoms with Gasteiger partial charge in [-0.1, -0.05) is 54.1 Å². The van der Waals surface area contributed by atoms with Crippen LogP contribution in [0.15, 0.2) is 122 Å². The summed E-state index contributed by atoms with van der Waals surface area (Å²) in [5.41, 5.74) is -0.518. The zero-order valence-electron chi connectivity index (χ0n) is 66.7. The Balaban J connectivity index is 0.000000162. The van der Waals surface area contributed by atoms with Gasteiger partial charge in [-0.2, -0.15) is 74.5 Å². The topological polar surface area (TPSA) is 254 Å². The molecule has 0 amide bonds. The molecule has 6 atom stereocenters. The molecule has 4 aliphatic carbocycles. The molecule has 0 spiro atoms. The lowest BCUT2D eigenvalue weighted by Crippen LogP contribution is -2.41. The van der Waals surface area contributed by atoms with Crippen LogP contribution < -0.4 is 5.46 Å². The van der Waals surface area contributed by atoms with E-state index in [1.54, 1.807) is 99.0 Å². The third-order valence-corrected chi connectivity index (χ3v) is 24.7. The number of aromatic nitrogens is 14. The number of benzene rings is 4. The number of para-hydroxylation sites is 2. The van der Waals surface area contributed by atoms with Crippen LogP contribution >= 0.6 is 11.6 Å². The van der Waals surface area contributed by atoms with Gasteiger partial charge in [-0.15, -0.1) is 0 Å². The molecular weight excluding hydrogens is 1690 g/mol. The lowest BCUT2D eigenvalue weighted by molar-refractivity contribution is -0.143. The molecule has 642 valence electrons. The maximum atomic E-state index is 15.4. The number of pyridine rings is 2. The number of ketones is 2. The van der Waals surface area contributed by atoms with Gasteiger partial charge >= 0.3 is 19.5 Å². The fourth-order valence-electron chi connectivity index (χ4n) is 17.0. The Morgan fingerprint density at radius 1 is 0.549 bits per heavy atom. The number of nitrogens with zero attached hydrogens (tertiary/aromatic N) is 14. The van der Waals surface area contributed by atoms with Crippen molar-refractivity contribution in [3.63, 3.8) is 0 Å². The van der Waals surface area contributed by atoms with Gasteiger partial charge in [0.15, 0.2) is 42.6 Å². The highest BCUT2D eigenvalue weighted by Crippen LogP contribution is 2.70. The molecule has 5 aliphatic rings. The van der Waals surface area contributed by atoms with E-state index in [1.807, 2.05) is 40.9 Å². The zero-order valence-corrected chi connectivity index (χ0v) is 69.1. The van der Waals surface area contributed by atoms with Crippen LogP contribution in [0.1, 0.15) is 145 Å². The first kappa shape index (κ1) is 86.4. The largest absolute Gasteiger partial charge is 0.498 e. The predicted molar refractivity (Wildman–Crippen MR) is 420 cm³/mol. The van der Waals surface area contributed by atoms with E-state index in [0.29, 0.717) is 76.8 Å². The average molecular weight is 1760 g/mol. The monoisotopic (exact) mass is 1760 g/mol. The third kappa shape index (κ3) is 17.1. The van der Waals surface area contributed by atoms with Crippen LogP contribution in [0, 0.1) is 35.1 Å². The van der Waals surface area contributed by atoms with Crippen LogP contribution in [0.25, 0.3) is 55.3 Å². The average Bonchev–Trinajstić information content (AvgIpc) is 1.52. The summed E-state index contributed by atoms with van der Waals surface area (Å²) in [6, 6.07) is 22.2. The Morgan fingerprint density at radius 3 is 1.35 bits per heavy atom. The van der Waals surface area contributed by atoms with E-state index in [2.05, 4.69) is 35.6 Å². The molecule has 0 radical (unpaired) electrons. The van der Waals surface area contributed by atoms with E-state index < -0.39 is 174 Å². The van der Waals surface area contributed by atoms with E-state index in [1.165, 1.54) is 20.1 Å². The van der Waals surface area contributed by atoms with E-state index in [0.717, 1.165) is 42.2 Å². The fraction of sp³-hybridized carbons (Fsp3) is 0.390. The van der Waals surface area contributed by atoms with Crippen LogP contribution in [0.2, 0.25) is 5.15 Å². The first-order valence-electron chi connectivity index (χ1n) is 38.2. The van der Waals surface area contributed by atoms with Gasteiger partial charge in [0.25, 0.3) is 11.8 Å². The Hall–Kier alpha value is -10.5. The minimum absolute atomic E-state index is 0.0230. The van der Waals surface area contributed by atoms with Gasteiger partial charge in [-0.05, 0) is 119 Å². The first-order valence-corrected chi connectivity index (χ1v) is 42.7. The number of aryl methyl sites for hydroxylation is 4. The normalized spacial score (nSPS) is 18.9. The molecule has 1 saturated heterocycles. The van der Waals surface area contributed by atoms with Crippen molar-refractivity contribution in [3.8, 4) is 33.5 Å². The SMILES string of the molecule is Cn1cc(-c2ccc(-c3cccc4c(CS(C)(=O)=O)nn(C)c34)c([C@@H](CC(=O)Cn3nc(C(F)(F)F)c4c3C(F)(F)[C@@H]3C[C@H]43)Cc3cc(F)cc(F)c3)n2)cn1.Cn1cc(B2OC(C)(C)C(C)(C)O2)cn1.Cn1nc(CS(C)(=O)=O)c2cccc(-c3ccc(Cl)nc3[C@@H](CC(=O)Cn3nc(C(F)(F)F)c4c3C(F)(F)[C@@H]3C[C@H]43)Cc3cc(F)cc(F)c3)c21. The van der Waals surface area contributed by atoms with Crippen molar-refractivity contribution in [2.24, 2.45) is 40.0 Å². The molecule has 3 fully saturated rings. The summed E-state index contributed by atoms with van der Waals surface area (Å²) in [4.78, 5) is 37.3. The van der Waals surface area contributed by atoms with Gasteiger partial charge in [0.05, 0.1) is 68.4 Å². The number of hydrogen-bond donors (Lipinski definition) is 0. The van der Waals surface area contributed by atoms with Crippen molar-refractivity contribution >= 4 is 77.2 Å². The number of carbonyl (C=O) groups excluding carboxylic acids is 2. The number of sulfone groups is 2. The van der Waals surface area contributed by atoms with Gasteiger partial charge in [0, 0.05) is 163 Å². The van der Waals surface area contributed by atoms with Crippen molar-refractivity contribution in [2.75, 3.05) is 12.5 Å². The molecule has 40 heteroatoms. The maximum Gasteiger partial charge on any atom is 0.498 e. The standard InChI is InChI=1S/C38H32F7N7O3S.C34H27ClF7N5O3S.C10H17BN2O2/c1-50-16-21(15-46-50)30-8-7-25(26-5-4-6-27-31(18-56(3,54)55)48-51(2)34(26)27)33(47-30)20(9-19-10-22(39)13-23(40)11-19)12-24(53)17-52-36-32(35(49-52)38(43,44)45)28-14-29(28)37(36,41)42;1-46-30-22(4-3-5-23(30)26(44-46)15-51(2,49)50)21-6-7-27(35)43-29(21)17(8-16-9-18(36)12-19(37)10-16)11-20(48)14-47-32-28(31(45-47)34(40,41)42)24-13-25(24)33(32,38)39;1-9(2)10(3,4)15-11(14-9)8-6-12-13(5)7-8/h4-8,10-11,13,15-16,20,28-29H,9,12,14,17-18H2,1-3H3;3-7,9-10,12,17,24-25H,8,11,13-15H2,1-2H3;6-7H,1-5H3/t20-,28+,29-;17-,24+,25-;/m11./s1. The van der Waals surface area contributed by atoms with Crippen LogP contribution in [0.3, 0.4) is 0 Å². The molecular formula is C82H76BClF14N14O8S2. The van der Waals surface area contributed by atoms with Gasteiger partial charge in [0.1, 0.15) is 52.9 Å². The number of halogens is 15. The van der Waals surface area contributed by atoms with Crippen molar-refractivity contribution in [3.05, 3.63) is 218 Å². The summed E-state index contributed by atoms with van der Waals surface area (Å²) in [6.07, 6.45) is -2.65. The molecule has 4 aromatic carbocycles. The van der Waals surface area contributed by atoms with Crippen LogP contribution in [-0.4, -0.2) is 128 Å². The van der Waals surface area contributed by atoms with Gasteiger partial charge < -0.3 is 9.31 Å². The van der Waals surface area contributed by atoms with Crippen LogP contribution in [-0.2, 0) is 128 Å².